The Kier molecular flexibility index (Phi) is 5.18. The van der Waals surface area contributed by atoms with E-state index in [0.717, 1.165) is 24.2 Å². The number of aryl methyl sites for hydroxylation is 1. The van der Waals surface area contributed by atoms with E-state index in [4.69, 9.17) is 4.74 Å². The molecule has 8 heteroatoms. The lowest BCUT2D eigenvalue weighted by Crippen LogP contribution is -2.49. The highest BCUT2D eigenvalue weighted by atomic mass is 16.5. The van der Waals surface area contributed by atoms with Gasteiger partial charge in [-0.05, 0) is 25.8 Å². The summed E-state index contributed by atoms with van der Waals surface area (Å²) in [5, 5.41) is 6.04. The van der Waals surface area contributed by atoms with Crippen LogP contribution in [0.1, 0.15) is 31.4 Å². The number of nitrogens with zero attached hydrogens (tertiary/aromatic N) is 3. The SMILES string of the molecule is CCn1ccnc(N2CCC(NC(=O)N[C@@H]3COc4ccccc43)CC2)c1=O. The van der Waals surface area contributed by atoms with Gasteiger partial charge in [-0.25, -0.2) is 9.78 Å². The third-order valence-electron chi connectivity index (χ3n) is 5.37. The van der Waals surface area contributed by atoms with E-state index in [-0.39, 0.29) is 23.7 Å². The molecule has 2 amide bonds. The lowest BCUT2D eigenvalue weighted by molar-refractivity contribution is 0.226. The summed E-state index contributed by atoms with van der Waals surface area (Å²) in [6, 6.07) is 7.51. The summed E-state index contributed by atoms with van der Waals surface area (Å²) in [7, 11) is 0. The Labute approximate surface area is 163 Å². The van der Waals surface area contributed by atoms with Crippen molar-refractivity contribution in [1.29, 1.82) is 0 Å². The minimum absolute atomic E-state index is 0.0611. The number of para-hydroxylation sites is 1. The summed E-state index contributed by atoms with van der Waals surface area (Å²) < 4.78 is 7.26. The van der Waals surface area contributed by atoms with Gasteiger partial charge in [-0.15, -0.1) is 0 Å². The third kappa shape index (κ3) is 3.67. The normalized spacial score (nSPS) is 19.0. The van der Waals surface area contributed by atoms with Gasteiger partial charge in [-0.2, -0.15) is 0 Å². The third-order valence-corrected chi connectivity index (χ3v) is 5.37. The van der Waals surface area contributed by atoms with Gasteiger partial charge in [0.25, 0.3) is 5.56 Å². The van der Waals surface area contributed by atoms with Crippen molar-refractivity contribution < 1.29 is 9.53 Å². The molecule has 1 aromatic heterocycles. The molecular formula is C20H25N5O3. The predicted molar refractivity (Wildman–Crippen MR) is 106 cm³/mol. The van der Waals surface area contributed by atoms with Crippen LogP contribution in [-0.4, -0.2) is 41.3 Å². The van der Waals surface area contributed by atoms with Crippen molar-refractivity contribution in [3.8, 4) is 5.75 Å². The molecule has 0 radical (unpaired) electrons. The fraction of sp³-hybridized carbons (Fsp3) is 0.450. The minimum Gasteiger partial charge on any atom is -0.491 e. The summed E-state index contributed by atoms with van der Waals surface area (Å²) >= 11 is 0. The number of nitrogens with one attached hydrogen (secondary N) is 2. The molecule has 1 aromatic carbocycles. The van der Waals surface area contributed by atoms with E-state index >= 15 is 0 Å². The van der Waals surface area contributed by atoms with Crippen LogP contribution in [0.4, 0.5) is 10.6 Å². The Morgan fingerprint density at radius 2 is 2.04 bits per heavy atom. The van der Waals surface area contributed by atoms with Crippen molar-refractivity contribution in [2.24, 2.45) is 0 Å². The number of fused-ring (bicyclic) bond motifs is 1. The molecule has 1 saturated heterocycles. The topological polar surface area (TPSA) is 88.5 Å². The van der Waals surface area contributed by atoms with Crippen LogP contribution in [0, 0.1) is 0 Å². The fourth-order valence-electron chi connectivity index (χ4n) is 3.80. The van der Waals surface area contributed by atoms with E-state index in [0.29, 0.717) is 32.1 Å². The zero-order chi connectivity index (χ0) is 19.5. The molecule has 2 N–H and O–H groups in total. The Bertz CT molecular complexity index is 905. The molecule has 28 heavy (non-hydrogen) atoms. The molecule has 0 spiro atoms. The first-order valence-electron chi connectivity index (χ1n) is 9.75. The second-order valence-corrected chi connectivity index (χ2v) is 7.12. The largest absolute Gasteiger partial charge is 0.491 e. The fourth-order valence-corrected chi connectivity index (χ4v) is 3.80. The first-order valence-corrected chi connectivity index (χ1v) is 9.75. The number of hydrogen-bond donors (Lipinski definition) is 2. The molecule has 1 fully saturated rings. The maximum atomic E-state index is 12.4. The van der Waals surface area contributed by atoms with Gasteiger partial charge in [0.15, 0.2) is 5.82 Å². The van der Waals surface area contributed by atoms with Crippen LogP contribution in [-0.2, 0) is 6.54 Å². The van der Waals surface area contributed by atoms with Crippen LogP contribution >= 0.6 is 0 Å². The number of ether oxygens (including phenoxy) is 1. The van der Waals surface area contributed by atoms with Gasteiger partial charge in [0, 0.05) is 43.6 Å². The molecule has 3 heterocycles. The van der Waals surface area contributed by atoms with Crippen LogP contribution in [0.2, 0.25) is 0 Å². The van der Waals surface area contributed by atoms with Crippen molar-refractivity contribution in [3.63, 3.8) is 0 Å². The Morgan fingerprint density at radius 1 is 1.25 bits per heavy atom. The smallest absolute Gasteiger partial charge is 0.315 e. The van der Waals surface area contributed by atoms with E-state index in [1.807, 2.05) is 36.1 Å². The number of rotatable bonds is 4. The number of amides is 2. The summed E-state index contributed by atoms with van der Waals surface area (Å²) in [6.45, 7) is 4.40. The van der Waals surface area contributed by atoms with E-state index in [1.54, 1.807) is 17.0 Å². The standard InChI is InChI=1S/C20H25N5O3/c1-2-24-12-9-21-18(19(24)26)25-10-7-14(8-11-25)22-20(27)23-16-13-28-17-6-4-3-5-15(16)17/h3-6,9,12,14,16H,2,7-8,10-11,13H2,1H3,(H2,22,23,27)/t16-/m1/s1. The van der Waals surface area contributed by atoms with Crippen LogP contribution in [0.3, 0.4) is 0 Å². The molecule has 2 aromatic rings. The number of anilines is 1. The summed E-state index contributed by atoms with van der Waals surface area (Å²) in [4.78, 5) is 31.1. The van der Waals surface area contributed by atoms with Gasteiger partial charge < -0.3 is 24.8 Å². The molecular weight excluding hydrogens is 358 g/mol. The number of carbonyl (C=O) groups excluding carboxylic acids is 1. The van der Waals surface area contributed by atoms with Gasteiger partial charge in [-0.3, -0.25) is 4.79 Å². The maximum absolute atomic E-state index is 12.4. The lowest BCUT2D eigenvalue weighted by Gasteiger charge is -2.33. The Hall–Kier alpha value is -3.03. The van der Waals surface area contributed by atoms with Crippen LogP contribution in [0.15, 0.2) is 41.5 Å². The molecule has 2 aliphatic heterocycles. The summed E-state index contributed by atoms with van der Waals surface area (Å²) in [5.74, 6) is 1.32. The van der Waals surface area contributed by atoms with Crippen molar-refractivity contribution in [2.75, 3.05) is 24.6 Å². The van der Waals surface area contributed by atoms with Gasteiger partial charge >= 0.3 is 6.03 Å². The monoisotopic (exact) mass is 383 g/mol. The number of carbonyl (C=O) groups is 1. The van der Waals surface area contributed by atoms with E-state index < -0.39 is 0 Å². The van der Waals surface area contributed by atoms with Crippen LogP contribution in [0.25, 0.3) is 0 Å². The number of hydrogen-bond acceptors (Lipinski definition) is 5. The quantitative estimate of drug-likeness (QED) is 0.838. The zero-order valence-electron chi connectivity index (χ0n) is 15.9. The number of piperidine rings is 1. The first kappa shape index (κ1) is 18.3. The molecule has 4 rings (SSSR count). The summed E-state index contributed by atoms with van der Waals surface area (Å²) in [6.07, 6.45) is 4.91. The van der Waals surface area contributed by atoms with Crippen molar-refractivity contribution >= 4 is 11.8 Å². The van der Waals surface area contributed by atoms with Crippen molar-refractivity contribution in [3.05, 3.63) is 52.6 Å². The molecule has 148 valence electrons. The second kappa shape index (κ2) is 7.92. The van der Waals surface area contributed by atoms with Gasteiger partial charge in [0.05, 0.1) is 6.04 Å². The average Bonchev–Trinajstić information content (AvgIpc) is 3.12. The van der Waals surface area contributed by atoms with Crippen molar-refractivity contribution in [1.82, 2.24) is 20.2 Å². The Morgan fingerprint density at radius 3 is 2.82 bits per heavy atom. The highest BCUT2D eigenvalue weighted by molar-refractivity contribution is 5.75. The highest BCUT2D eigenvalue weighted by Gasteiger charge is 2.27. The summed E-state index contributed by atoms with van der Waals surface area (Å²) in [5.41, 5.74) is 0.948. The number of urea groups is 1. The molecule has 0 saturated carbocycles. The molecule has 0 aliphatic carbocycles. The van der Waals surface area contributed by atoms with E-state index in [1.165, 1.54) is 0 Å². The Balaban J connectivity index is 1.30. The average molecular weight is 383 g/mol. The predicted octanol–water partition coefficient (Wildman–Crippen LogP) is 1.66. The van der Waals surface area contributed by atoms with Gasteiger partial charge in [-0.1, -0.05) is 18.2 Å². The minimum atomic E-state index is -0.185. The van der Waals surface area contributed by atoms with Crippen molar-refractivity contribution in [2.45, 2.75) is 38.4 Å². The first-order chi connectivity index (χ1) is 13.7. The van der Waals surface area contributed by atoms with E-state index in [2.05, 4.69) is 15.6 Å². The molecule has 2 aliphatic rings. The molecule has 1 atom stereocenters. The number of benzene rings is 1. The molecule has 8 nitrogen and oxygen atoms in total. The van der Waals surface area contributed by atoms with Crippen LogP contribution < -0.4 is 25.8 Å². The zero-order valence-corrected chi connectivity index (χ0v) is 15.9. The maximum Gasteiger partial charge on any atom is 0.315 e. The molecule has 0 bridgehead atoms. The van der Waals surface area contributed by atoms with Gasteiger partial charge in [0.1, 0.15) is 12.4 Å². The number of aromatic nitrogens is 2. The highest BCUT2D eigenvalue weighted by Crippen LogP contribution is 2.31. The molecule has 0 unspecified atom stereocenters. The second-order valence-electron chi connectivity index (χ2n) is 7.12. The lowest BCUT2D eigenvalue weighted by atomic mass is 10.1. The van der Waals surface area contributed by atoms with Gasteiger partial charge in [0.2, 0.25) is 0 Å². The van der Waals surface area contributed by atoms with E-state index in [9.17, 15) is 9.59 Å². The van der Waals surface area contributed by atoms with Crippen LogP contribution in [0.5, 0.6) is 5.75 Å².